The Bertz CT molecular complexity index is 591. The minimum absolute atomic E-state index is 0.417. The SMILES string of the molecule is COc1ccccc1CC(C)(N)c1cc(F)cc(F)c1. The van der Waals surface area contributed by atoms with Crippen LogP contribution in [0.4, 0.5) is 8.78 Å². The molecule has 2 nitrogen and oxygen atoms in total. The minimum Gasteiger partial charge on any atom is -0.496 e. The molecule has 0 aliphatic rings. The first-order valence-electron chi connectivity index (χ1n) is 6.30. The second-order valence-corrected chi connectivity index (χ2v) is 5.06. The largest absolute Gasteiger partial charge is 0.496 e. The van der Waals surface area contributed by atoms with E-state index in [1.165, 1.54) is 12.1 Å². The summed E-state index contributed by atoms with van der Waals surface area (Å²) >= 11 is 0. The lowest BCUT2D eigenvalue weighted by Crippen LogP contribution is -2.35. The van der Waals surface area contributed by atoms with Crippen LogP contribution in [-0.2, 0) is 12.0 Å². The summed E-state index contributed by atoms with van der Waals surface area (Å²) in [7, 11) is 1.58. The molecule has 0 heterocycles. The molecule has 2 N–H and O–H groups in total. The smallest absolute Gasteiger partial charge is 0.126 e. The third-order valence-electron chi connectivity index (χ3n) is 3.27. The van der Waals surface area contributed by atoms with Gasteiger partial charge in [-0.15, -0.1) is 0 Å². The van der Waals surface area contributed by atoms with Crippen LogP contribution in [0.5, 0.6) is 5.75 Å². The number of methoxy groups -OCH3 is 1. The van der Waals surface area contributed by atoms with Crippen LogP contribution in [0.25, 0.3) is 0 Å². The number of ether oxygens (including phenoxy) is 1. The van der Waals surface area contributed by atoms with Crippen molar-refractivity contribution in [2.75, 3.05) is 7.11 Å². The highest BCUT2D eigenvalue weighted by Gasteiger charge is 2.24. The second-order valence-electron chi connectivity index (χ2n) is 5.06. The van der Waals surface area contributed by atoms with E-state index in [9.17, 15) is 8.78 Å². The van der Waals surface area contributed by atoms with E-state index in [1.54, 1.807) is 14.0 Å². The van der Waals surface area contributed by atoms with Crippen molar-refractivity contribution in [1.82, 2.24) is 0 Å². The van der Waals surface area contributed by atoms with E-state index in [0.29, 0.717) is 17.7 Å². The highest BCUT2D eigenvalue weighted by Crippen LogP contribution is 2.28. The van der Waals surface area contributed by atoms with Gasteiger partial charge in [0.15, 0.2) is 0 Å². The Kier molecular flexibility index (Phi) is 4.04. The van der Waals surface area contributed by atoms with Crippen LogP contribution in [0.2, 0.25) is 0 Å². The summed E-state index contributed by atoms with van der Waals surface area (Å²) in [4.78, 5) is 0. The molecule has 106 valence electrons. The van der Waals surface area contributed by atoms with Crippen molar-refractivity contribution in [2.45, 2.75) is 18.9 Å². The van der Waals surface area contributed by atoms with Crippen molar-refractivity contribution in [3.63, 3.8) is 0 Å². The monoisotopic (exact) mass is 277 g/mol. The molecule has 0 aliphatic heterocycles. The van der Waals surface area contributed by atoms with Crippen molar-refractivity contribution in [3.05, 3.63) is 65.2 Å². The van der Waals surface area contributed by atoms with Gasteiger partial charge in [0.25, 0.3) is 0 Å². The third-order valence-corrected chi connectivity index (χ3v) is 3.27. The van der Waals surface area contributed by atoms with E-state index in [2.05, 4.69) is 0 Å². The van der Waals surface area contributed by atoms with Gasteiger partial charge in [0.1, 0.15) is 17.4 Å². The molecule has 0 saturated heterocycles. The molecule has 0 radical (unpaired) electrons. The molecule has 0 fully saturated rings. The van der Waals surface area contributed by atoms with Crippen molar-refractivity contribution < 1.29 is 13.5 Å². The Hall–Kier alpha value is -1.94. The number of para-hydroxylation sites is 1. The fourth-order valence-corrected chi connectivity index (χ4v) is 2.23. The molecule has 0 bridgehead atoms. The number of nitrogens with two attached hydrogens (primary N) is 1. The molecular weight excluding hydrogens is 260 g/mol. The molecular formula is C16H17F2NO. The molecule has 0 saturated carbocycles. The van der Waals surface area contributed by atoms with Gasteiger partial charge in [-0.25, -0.2) is 8.78 Å². The van der Waals surface area contributed by atoms with Gasteiger partial charge in [0, 0.05) is 11.6 Å². The van der Waals surface area contributed by atoms with E-state index in [-0.39, 0.29) is 0 Å². The molecule has 2 aromatic carbocycles. The molecule has 1 unspecified atom stereocenters. The predicted octanol–water partition coefficient (Wildman–Crippen LogP) is 3.39. The lowest BCUT2D eigenvalue weighted by molar-refractivity contribution is 0.399. The fourth-order valence-electron chi connectivity index (χ4n) is 2.23. The lowest BCUT2D eigenvalue weighted by Gasteiger charge is -2.26. The third kappa shape index (κ3) is 3.14. The first kappa shape index (κ1) is 14.5. The standard InChI is InChI=1S/C16H17F2NO/c1-16(19,12-7-13(17)9-14(18)8-12)10-11-5-3-4-6-15(11)20-2/h3-9H,10,19H2,1-2H3. The zero-order valence-corrected chi connectivity index (χ0v) is 11.5. The summed E-state index contributed by atoms with van der Waals surface area (Å²) in [5.41, 5.74) is 6.66. The van der Waals surface area contributed by atoms with E-state index < -0.39 is 17.2 Å². The van der Waals surface area contributed by atoms with E-state index in [1.807, 2.05) is 24.3 Å². The summed E-state index contributed by atoms with van der Waals surface area (Å²) < 4.78 is 31.9. The van der Waals surface area contributed by atoms with Crippen LogP contribution in [0.3, 0.4) is 0 Å². The first-order chi connectivity index (χ1) is 9.42. The Labute approximate surface area is 117 Å². The maximum Gasteiger partial charge on any atom is 0.126 e. The highest BCUT2D eigenvalue weighted by molar-refractivity contribution is 5.37. The molecule has 1 atom stereocenters. The topological polar surface area (TPSA) is 35.2 Å². The number of rotatable bonds is 4. The zero-order valence-electron chi connectivity index (χ0n) is 11.5. The Morgan fingerprint density at radius 2 is 1.70 bits per heavy atom. The number of hydrogen-bond donors (Lipinski definition) is 1. The Morgan fingerprint density at radius 1 is 1.10 bits per heavy atom. The van der Waals surface area contributed by atoms with Crippen molar-refractivity contribution >= 4 is 0 Å². The molecule has 20 heavy (non-hydrogen) atoms. The van der Waals surface area contributed by atoms with Gasteiger partial charge in [-0.05, 0) is 42.7 Å². The first-order valence-corrected chi connectivity index (χ1v) is 6.30. The maximum atomic E-state index is 13.3. The van der Waals surface area contributed by atoms with Crippen molar-refractivity contribution in [2.24, 2.45) is 5.73 Å². The van der Waals surface area contributed by atoms with Gasteiger partial charge >= 0.3 is 0 Å². The van der Waals surface area contributed by atoms with Crippen LogP contribution < -0.4 is 10.5 Å². The van der Waals surface area contributed by atoms with E-state index in [4.69, 9.17) is 10.5 Å². The Balaban J connectivity index is 2.35. The molecule has 2 rings (SSSR count). The summed E-state index contributed by atoms with van der Waals surface area (Å²) in [6.45, 7) is 1.74. The van der Waals surface area contributed by atoms with Crippen LogP contribution in [-0.4, -0.2) is 7.11 Å². The van der Waals surface area contributed by atoms with Gasteiger partial charge in [-0.3, -0.25) is 0 Å². The summed E-state index contributed by atoms with van der Waals surface area (Å²) in [6.07, 6.45) is 0.417. The number of hydrogen-bond acceptors (Lipinski definition) is 2. The normalized spacial score (nSPS) is 13.8. The predicted molar refractivity (Wildman–Crippen MR) is 74.6 cm³/mol. The van der Waals surface area contributed by atoms with Crippen molar-refractivity contribution in [1.29, 1.82) is 0 Å². The maximum absolute atomic E-state index is 13.3. The molecule has 0 aliphatic carbocycles. The molecule has 0 spiro atoms. The minimum atomic E-state index is -0.891. The number of halogens is 2. The average Bonchev–Trinajstić information content (AvgIpc) is 2.38. The zero-order chi connectivity index (χ0) is 14.8. The Morgan fingerprint density at radius 3 is 2.30 bits per heavy atom. The van der Waals surface area contributed by atoms with Gasteiger partial charge < -0.3 is 10.5 Å². The lowest BCUT2D eigenvalue weighted by atomic mass is 9.86. The number of benzene rings is 2. The molecule has 0 amide bonds. The molecule has 2 aromatic rings. The highest BCUT2D eigenvalue weighted by atomic mass is 19.1. The quantitative estimate of drug-likeness (QED) is 0.929. The van der Waals surface area contributed by atoms with Gasteiger partial charge in [-0.1, -0.05) is 18.2 Å². The van der Waals surface area contributed by atoms with Gasteiger partial charge in [-0.2, -0.15) is 0 Å². The van der Waals surface area contributed by atoms with Crippen LogP contribution in [0, 0.1) is 11.6 Å². The van der Waals surface area contributed by atoms with E-state index >= 15 is 0 Å². The summed E-state index contributed by atoms with van der Waals surface area (Å²) in [5, 5.41) is 0. The second kappa shape index (κ2) is 5.59. The van der Waals surface area contributed by atoms with Gasteiger partial charge in [0.2, 0.25) is 0 Å². The van der Waals surface area contributed by atoms with Crippen LogP contribution >= 0.6 is 0 Å². The average molecular weight is 277 g/mol. The molecule has 4 heteroatoms. The summed E-state index contributed by atoms with van der Waals surface area (Å²) in [6, 6.07) is 10.8. The fraction of sp³-hybridized carbons (Fsp3) is 0.250. The van der Waals surface area contributed by atoms with Crippen LogP contribution in [0.15, 0.2) is 42.5 Å². The van der Waals surface area contributed by atoms with E-state index in [0.717, 1.165) is 11.6 Å². The summed E-state index contributed by atoms with van der Waals surface area (Å²) in [5.74, 6) is -0.547. The van der Waals surface area contributed by atoms with Gasteiger partial charge in [0.05, 0.1) is 7.11 Å². The van der Waals surface area contributed by atoms with Crippen LogP contribution in [0.1, 0.15) is 18.1 Å². The molecule has 0 aromatic heterocycles. The van der Waals surface area contributed by atoms with Crippen molar-refractivity contribution in [3.8, 4) is 5.75 Å².